The van der Waals surface area contributed by atoms with Crippen LogP contribution in [-0.4, -0.2) is 32.3 Å². The summed E-state index contributed by atoms with van der Waals surface area (Å²) in [5.74, 6) is 1.40. The van der Waals surface area contributed by atoms with E-state index in [9.17, 15) is 9.59 Å². The highest BCUT2D eigenvalue weighted by Crippen LogP contribution is 2.36. The number of anilines is 2. The monoisotopic (exact) mass is 445 g/mol. The van der Waals surface area contributed by atoms with E-state index in [1.807, 2.05) is 47.0 Å². The van der Waals surface area contributed by atoms with Gasteiger partial charge in [-0.3, -0.25) is 13.9 Å². The van der Waals surface area contributed by atoms with E-state index in [1.165, 1.54) is 14.7 Å². The van der Waals surface area contributed by atoms with Crippen molar-refractivity contribution < 1.29 is 4.74 Å². The molecule has 3 heterocycles. The van der Waals surface area contributed by atoms with Gasteiger partial charge < -0.3 is 14.2 Å². The molecule has 170 valence electrons. The first kappa shape index (κ1) is 21.1. The Morgan fingerprint density at radius 3 is 2.55 bits per heavy atom. The molecule has 2 aromatic heterocycles. The summed E-state index contributed by atoms with van der Waals surface area (Å²) in [6, 6.07) is 17.9. The summed E-state index contributed by atoms with van der Waals surface area (Å²) in [5, 5.41) is 0. The van der Waals surface area contributed by atoms with Gasteiger partial charge in [-0.1, -0.05) is 42.5 Å². The molecule has 0 aliphatic carbocycles. The van der Waals surface area contributed by atoms with Crippen LogP contribution in [0.3, 0.4) is 0 Å². The first-order chi connectivity index (χ1) is 16.1. The molecule has 0 unspecified atom stereocenters. The van der Waals surface area contributed by atoms with Gasteiger partial charge in [0.25, 0.3) is 5.56 Å². The molecule has 0 N–H and O–H groups in total. The molecule has 0 spiro atoms. The van der Waals surface area contributed by atoms with Gasteiger partial charge in [0.1, 0.15) is 5.75 Å². The zero-order valence-corrected chi connectivity index (χ0v) is 18.9. The van der Waals surface area contributed by atoms with Crippen LogP contribution in [0.5, 0.6) is 5.75 Å². The molecule has 1 aliphatic rings. The summed E-state index contributed by atoms with van der Waals surface area (Å²) in [5.41, 5.74) is 2.37. The Bertz CT molecular complexity index is 1420. The Morgan fingerprint density at radius 1 is 1.00 bits per heavy atom. The van der Waals surface area contributed by atoms with Gasteiger partial charge in [-0.15, -0.1) is 0 Å². The molecular weight excluding hydrogens is 418 g/mol. The molecule has 5 rings (SSSR count). The second kappa shape index (κ2) is 8.61. The maximum atomic E-state index is 13.5. The number of rotatable bonds is 6. The zero-order valence-electron chi connectivity index (χ0n) is 18.9. The van der Waals surface area contributed by atoms with Crippen molar-refractivity contribution in [3.05, 3.63) is 81.0 Å². The topological polar surface area (TPSA) is 74.3 Å². The Morgan fingerprint density at radius 2 is 1.76 bits per heavy atom. The Labute approximate surface area is 191 Å². The summed E-state index contributed by atoms with van der Waals surface area (Å²) in [7, 11) is 3.33. The summed E-state index contributed by atoms with van der Waals surface area (Å²) in [6.07, 6.45) is 2.37. The van der Waals surface area contributed by atoms with Crippen molar-refractivity contribution in [3.63, 3.8) is 0 Å². The fourth-order valence-corrected chi connectivity index (χ4v) is 4.63. The molecule has 0 amide bonds. The lowest BCUT2D eigenvalue weighted by atomic mass is 10.1. The lowest BCUT2D eigenvalue weighted by Gasteiger charge is -2.30. The third-order valence-electron chi connectivity index (χ3n) is 6.28. The molecule has 1 aliphatic heterocycles. The number of para-hydroxylation sites is 2. The van der Waals surface area contributed by atoms with Crippen LogP contribution in [0.25, 0.3) is 11.2 Å². The quantitative estimate of drug-likeness (QED) is 0.456. The number of methoxy groups -OCH3 is 1. The van der Waals surface area contributed by atoms with Gasteiger partial charge in [0.15, 0.2) is 11.2 Å². The zero-order chi connectivity index (χ0) is 22.9. The van der Waals surface area contributed by atoms with E-state index in [4.69, 9.17) is 9.72 Å². The van der Waals surface area contributed by atoms with Crippen molar-refractivity contribution in [2.45, 2.75) is 32.4 Å². The van der Waals surface area contributed by atoms with Crippen LogP contribution in [0.2, 0.25) is 0 Å². The van der Waals surface area contributed by atoms with Crippen molar-refractivity contribution in [1.82, 2.24) is 18.7 Å². The molecule has 8 nitrogen and oxygen atoms in total. The summed E-state index contributed by atoms with van der Waals surface area (Å²) < 4.78 is 10.3. The van der Waals surface area contributed by atoms with Gasteiger partial charge >= 0.3 is 5.69 Å². The third kappa shape index (κ3) is 3.61. The number of hydrogen-bond donors (Lipinski definition) is 0. The summed E-state index contributed by atoms with van der Waals surface area (Å²) in [4.78, 5) is 33.4. The Hall–Kier alpha value is -3.81. The molecule has 2 aromatic carbocycles. The van der Waals surface area contributed by atoms with Gasteiger partial charge in [0.05, 0.1) is 12.8 Å². The normalized spacial score (nSPS) is 13.3. The average molecular weight is 446 g/mol. The number of nitrogens with zero attached hydrogens (tertiary/aromatic N) is 5. The molecule has 0 bridgehead atoms. The molecule has 4 aromatic rings. The fraction of sp³-hybridized carbons (Fsp3) is 0.320. The smallest absolute Gasteiger partial charge is 0.332 e. The predicted molar refractivity (Wildman–Crippen MR) is 129 cm³/mol. The maximum absolute atomic E-state index is 13.5. The highest BCUT2D eigenvalue weighted by Gasteiger charge is 2.28. The van der Waals surface area contributed by atoms with E-state index in [1.54, 1.807) is 14.2 Å². The second-order valence-electron chi connectivity index (χ2n) is 8.30. The first-order valence-corrected chi connectivity index (χ1v) is 11.2. The standard InChI is InChI=1S/C25H27N5O3/c1-27-22-21(23(31)30(25(27)32)15-8-12-18-10-4-3-5-11-18)29-17-9-16-28(24(29)26-22)19-13-6-7-14-20(19)33-2/h3-7,10-11,13-14H,8-9,12,15-17H2,1-2H3. The molecule has 33 heavy (non-hydrogen) atoms. The largest absolute Gasteiger partial charge is 0.495 e. The number of hydrogen-bond acceptors (Lipinski definition) is 5. The van der Waals surface area contributed by atoms with Crippen LogP contribution in [0.4, 0.5) is 11.6 Å². The van der Waals surface area contributed by atoms with E-state index in [0.717, 1.165) is 30.8 Å². The van der Waals surface area contributed by atoms with Crippen LogP contribution < -0.4 is 20.9 Å². The van der Waals surface area contributed by atoms with E-state index in [0.29, 0.717) is 36.6 Å². The number of fused-ring (bicyclic) bond motifs is 3. The number of benzene rings is 2. The van der Waals surface area contributed by atoms with Gasteiger partial charge in [0.2, 0.25) is 5.95 Å². The highest BCUT2D eigenvalue weighted by molar-refractivity contribution is 5.78. The van der Waals surface area contributed by atoms with E-state index in [2.05, 4.69) is 17.0 Å². The second-order valence-corrected chi connectivity index (χ2v) is 8.30. The van der Waals surface area contributed by atoms with E-state index >= 15 is 0 Å². The number of ether oxygens (including phenoxy) is 1. The number of aryl methyl sites for hydroxylation is 3. The molecule has 8 heteroatoms. The number of imidazole rings is 1. The number of aromatic nitrogens is 4. The van der Waals surface area contributed by atoms with Gasteiger partial charge in [-0.05, 0) is 37.0 Å². The first-order valence-electron chi connectivity index (χ1n) is 11.2. The molecule has 0 fully saturated rings. The minimum Gasteiger partial charge on any atom is -0.495 e. The van der Waals surface area contributed by atoms with Crippen molar-refractivity contribution >= 4 is 22.8 Å². The van der Waals surface area contributed by atoms with Crippen LogP contribution in [-0.2, 0) is 26.6 Å². The Balaban J connectivity index is 1.57. The lowest BCUT2D eigenvalue weighted by Crippen LogP contribution is -2.40. The van der Waals surface area contributed by atoms with Crippen molar-refractivity contribution in [1.29, 1.82) is 0 Å². The summed E-state index contributed by atoms with van der Waals surface area (Å²) >= 11 is 0. The SMILES string of the molecule is COc1ccccc1N1CCCn2c1nc1c2c(=O)n(CCCc2ccccc2)c(=O)n1C. The molecule has 0 saturated heterocycles. The average Bonchev–Trinajstić information content (AvgIpc) is 3.25. The summed E-state index contributed by atoms with van der Waals surface area (Å²) in [6.45, 7) is 1.80. The van der Waals surface area contributed by atoms with E-state index < -0.39 is 0 Å². The van der Waals surface area contributed by atoms with Gasteiger partial charge in [-0.25, -0.2) is 4.79 Å². The minimum absolute atomic E-state index is 0.276. The van der Waals surface area contributed by atoms with Crippen molar-refractivity contribution in [3.8, 4) is 5.75 Å². The van der Waals surface area contributed by atoms with Crippen LogP contribution in [0.15, 0.2) is 64.2 Å². The molecule has 0 saturated carbocycles. The van der Waals surface area contributed by atoms with E-state index in [-0.39, 0.29) is 11.2 Å². The van der Waals surface area contributed by atoms with Crippen LogP contribution >= 0.6 is 0 Å². The van der Waals surface area contributed by atoms with Gasteiger partial charge in [-0.2, -0.15) is 4.98 Å². The Kier molecular flexibility index (Phi) is 5.50. The van der Waals surface area contributed by atoms with Crippen molar-refractivity contribution in [2.24, 2.45) is 7.05 Å². The van der Waals surface area contributed by atoms with Gasteiger partial charge in [0, 0.05) is 26.7 Å². The fourth-order valence-electron chi connectivity index (χ4n) is 4.63. The minimum atomic E-state index is -0.333. The molecule has 0 radical (unpaired) electrons. The maximum Gasteiger partial charge on any atom is 0.332 e. The predicted octanol–water partition coefficient (Wildman–Crippen LogP) is 3.08. The van der Waals surface area contributed by atoms with Crippen LogP contribution in [0.1, 0.15) is 18.4 Å². The highest BCUT2D eigenvalue weighted by atomic mass is 16.5. The van der Waals surface area contributed by atoms with Crippen molar-refractivity contribution in [2.75, 3.05) is 18.6 Å². The van der Waals surface area contributed by atoms with Crippen LogP contribution in [0, 0.1) is 0 Å². The third-order valence-corrected chi connectivity index (χ3v) is 6.28. The molecule has 0 atom stereocenters. The lowest BCUT2D eigenvalue weighted by molar-refractivity contribution is 0.414. The molecular formula is C25H27N5O3.